The molecule has 1 heterocycles. The Morgan fingerprint density at radius 3 is 2.16 bits per heavy atom. The van der Waals surface area contributed by atoms with Gasteiger partial charge in [0.25, 0.3) is 0 Å². The summed E-state index contributed by atoms with van der Waals surface area (Å²) in [6.07, 6.45) is 6.92. The van der Waals surface area contributed by atoms with Gasteiger partial charge in [-0.05, 0) is 70.4 Å². The van der Waals surface area contributed by atoms with Crippen molar-refractivity contribution in [1.29, 1.82) is 0 Å². The lowest BCUT2D eigenvalue weighted by Crippen LogP contribution is -2.35. The Morgan fingerprint density at radius 2 is 1.63 bits per heavy atom. The van der Waals surface area contributed by atoms with Gasteiger partial charge in [0.15, 0.2) is 0 Å². The van der Waals surface area contributed by atoms with Crippen LogP contribution in [-0.4, -0.2) is 23.5 Å². The van der Waals surface area contributed by atoms with E-state index in [1.165, 1.54) is 44.2 Å². The van der Waals surface area contributed by atoms with Crippen LogP contribution in [0.5, 0.6) is 0 Å². The molecule has 1 aromatic rings. The minimum atomic E-state index is 0.524. The van der Waals surface area contributed by atoms with Gasteiger partial charge in [-0.1, -0.05) is 29.8 Å². The van der Waals surface area contributed by atoms with Crippen molar-refractivity contribution in [2.45, 2.75) is 70.4 Å². The summed E-state index contributed by atoms with van der Waals surface area (Å²) in [6, 6.07) is 10.9. The number of likely N-dealkylation sites (tertiary alicyclic amines) is 1. The first-order chi connectivity index (χ1) is 9.11. The van der Waals surface area contributed by atoms with Gasteiger partial charge < -0.3 is 0 Å². The van der Waals surface area contributed by atoms with Crippen LogP contribution < -0.4 is 0 Å². The van der Waals surface area contributed by atoms with Crippen LogP contribution in [-0.2, 0) is 5.41 Å². The maximum atomic E-state index is 2.73. The molecule has 2 aliphatic rings. The maximum absolute atomic E-state index is 2.73. The second-order valence-electron chi connectivity index (χ2n) is 6.91. The van der Waals surface area contributed by atoms with E-state index in [0.29, 0.717) is 5.41 Å². The highest BCUT2D eigenvalue weighted by Crippen LogP contribution is 2.51. The molecule has 1 aliphatic heterocycles. The molecule has 19 heavy (non-hydrogen) atoms. The molecule has 0 N–H and O–H groups in total. The Hall–Kier alpha value is -0.820. The summed E-state index contributed by atoms with van der Waals surface area (Å²) >= 11 is 0. The van der Waals surface area contributed by atoms with E-state index in [4.69, 9.17) is 0 Å². The van der Waals surface area contributed by atoms with Crippen molar-refractivity contribution in [3.05, 3.63) is 35.4 Å². The van der Waals surface area contributed by atoms with Gasteiger partial charge in [-0.25, -0.2) is 0 Å². The van der Waals surface area contributed by atoms with Gasteiger partial charge >= 0.3 is 0 Å². The first kappa shape index (κ1) is 13.2. The fourth-order valence-electron chi connectivity index (χ4n) is 3.77. The fraction of sp³-hybridized carbons (Fsp3) is 0.667. The van der Waals surface area contributed by atoms with Gasteiger partial charge in [0, 0.05) is 12.1 Å². The average molecular weight is 257 g/mol. The molecule has 104 valence electrons. The Labute approximate surface area is 118 Å². The molecule has 3 rings (SSSR count). The third kappa shape index (κ3) is 2.58. The van der Waals surface area contributed by atoms with Crippen molar-refractivity contribution >= 4 is 0 Å². The number of hydrogen-bond donors (Lipinski definition) is 0. The molecule has 1 saturated carbocycles. The van der Waals surface area contributed by atoms with Gasteiger partial charge in [-0.15, -0.1) is 0 Å². The molecule has 0 aromatic heterocycles. The molecule has 0 amide bonds. The quantitative estimate of drug-likeness (QED) is 0.778. The van der Waals surface area contributed by atoms with E-state index >= 15 is 0 Å². The van der Waals surface area contributed by atoms with Gasteiger partial charge in [0.1, 0.15) is 0 Å². The van der Waals surface area contributed by atoms with Crippen molar-refractivity contribution in [1.82, 2.24) is 4.90 Å². The van der Waals surface area contributed by atoms with Crippen molar-refractivity contribution in [2.24, 2.45) is 0 Å². The monoisotopic (exact) mass is 257 g/mol. The van der Waals surface area contributed by atoms with Gasteiger partial charge in [-0.2, -0.15) is 0 Å². The molecule has 2 fully saturated rings. The van der Waals surface area contributed by atoms with E-state index in [-0.39, 0.29) is 0 Å². The Morgan fingerprint density at radius 1 is 1.05 bits per heavy atom. The minimum absolute atomic E-state index is 0.524. The van der Waals surface area contributed by atoms with Crippen LogP contribution >= 0.6 is 0 Å². The average Bonchev–Trinajstić information content (AvgIpc) is 3.12. The van der Waals surface area contributed by atoms with Crippen molar-refractivity contribution < 1.29 is 0 Å². The molecule has 1 nitrogen and oxygen atoms in total. The summed E-state index contributed by atoms with van der Waals surface area (Å²) in [4.78, 5) is 2.73. The number of nitrogens with zero attached hydrogens (tertiary/aromatic N) is 1. The molecule has 1 saturated heterocycles. The number of aryl methyl sites for hydroxylation is 1. The molecule has 2 unspecified atom stereocenters. The lowest BCUT2D eigenvalue weighted by molar-refractivity contribution is 0.204. The van der Waals surface area contributed by atoms with Crippen molar-refractivity contribution in [3.8, 4) is 0 Å². The van der Waals surface area contributed by atoms with Gasteiger partial charge in [0.2, 0.25) is 0 Å². The number of hydrogen-bond acceptors (Lipinski definition) is 1. The Balaban J connectivity index is 1.64. The van der Waals surface area contributed by atoms with Crippen LogP contribution in [0.1, 0.15) is 57.1 Å². The normalized spacial score (nSPS) is 29.6. The summed E-state index contributed by atoms with van der Waals surface area (Å²) < 4.78 is 0. The van der Waals surface area contributed by atoms with E-state index in [2.05, 4.69) is 49.9 Å². The fourth-order valence-corrected chi connectivity index (χ4v) is 3.77. The summed E-state index contributed by atoms with van der Waals surface area (Å²) in [5.74, 6) is 0. The lowest BCUT2D eigenvalue weighted by Gasteiger charge is -2.28. The van der Waals surface area contributed by atoms with Crippen LogP contribution in [0.2, 0.25) is 0 Å². The van der Waals surface area contributed by atoms with Gasteiger partial charge in [-0.3, -0.25) is 4.90 Å². The van der Waals surface area contributed by atoms with E-state index in [1.807, 2.05) is 0 Å². The van der Waals surface area contributed by atoms with E-state index in [1.54, 1.807) is 5.56 Å². The zero-order valence-electron chi connectivity index (χ0n) is 12.7. The number of benzene rings is 1. The van der Waals surface area contributed by atoms with Crippen LogP contribution in [0, 0.1) is 6.92 Å². The molecule has 1 heteroatoms. The van der Waals surface area contributed by atoms with Gasteiger partial charge in [0.05, 0.1) is 0 Å². The predicted molar refractivity (Wildman–Crippen MR) is 81.6 cm³/mol. The predicted octanol–water partition coefficient (Wildman–Crippen LogP) is 4.29. The number of rotatable bonds is 4. The molecule has 0 spiro atoms. The second-order valence-corrected chi connectivity index (χ2v) is 6.91. The van der Waals surface area contributed by atoms with E-state index in [0.717, 1.165) is 12.1 Å². The first-order valence-corrected chi connectivity index (χ1v) is 7.94. The first-order valence-electron chi connectivity index (χ1n) is 7.94. The summed E-state index contributed by atoms with van der Waals surface area (Å²) in [5, 5.41) is 0. The minimum Gasteiger partial charge on any atom is -0.298 e. The zero-order valence-corrected chi connectivity index (χ0v) is 12.7. The Bertz CT molecular complexity index is 420. The van der Waals surface area contributed by atoms with Crippen molar-refractivity contribution in [2.75, 3.05) is 6.54 Å². The SMILES string of the molecule is Cc1ccc(C2(CCN3C(C)CCC3C)CC2)cc1. The van der Waals surface area contributed by atoms with Crippen LogP contribution in [0.25, 0.3) is 0 Å². The topological polar surface area (TPSA) is 3.24 Å². The standard InChI is InChI=1S/C18H27N/c1-14-4-8-17(9-5-14)18(10-11-18)12-13-19-15(2)6-7-16(19)3/h4-5,8-9,15-16H,6-7,10-13H2,1-3H3. The van der Waals surface area contributed by atoms with Crippen LogP contribution in [0.3, 0.4) is 0 Å². The van der Waals surface area contributed by atoms with Crippen LogP contribution in [0.4, 0.5) is 0 Å². The maximum Gasteiger partial charge on any atom is 0.00703 e. The molecular weight excluding hydrogens is 230 g/mol. The highest BCUT2D eigenvalue weighted by molar-refractivity contribution is 5.33. The molecule has 1 aliphatic carbocycles. The van der Waals surface area contributed by atoms with E-state index < -0.39 is 0 Å². The third-order valence-corrected chi connectivity index (χ3v) is 5.50. The smallest absolute Gasteiger partial charge is 0.00703 e. The van der Waals surface area contributed by atoms with E-state index in [9.17, 15) is 0 Å². The molecule has 0 bridgehead atoms. The Kier molecular flexibility index (Phi) is 3.42. The molecule has 0 radical (unpaired) electrons. The largest absolute Gasteiger partial charge is 0.298 e. The summed E-state index contributed by atoms with van der Waals surface area (Å²) in [6.45, 7) is 8.26. The highest BCUT2D eigenvalue weighted by Gasteiger charge is 2.44. The second kappa shape index (κ2) is 4.94. The molecule has 1 aromatic carbocycles. The molecular formula is C18H27N. The van der Waals surface area contributed by atoms with Crippen LogP contribution in [0.15, 0.2) is 24.3 Å². The highest BCUT2D eigenvalue weighted by atomic mass is 15.2. The van der Waals surface area contributed by atoms with Crippen molar-refractivity contribution in [3.63, 3.8) is 0 Å². The lowest BCUT2D eigenvalue weighted by atomic mass is 9.91. The summed E-state index contributed by atoms with van der Waals surface area (Å²) in [5.41, 5.74) is 3.48. The molecule has 2 atom stereocenters. The summed E-state index contributed by atoms with van der Waals surface area (Å²) in [7, 11) is 0. The third-order valence-electron chi connectivity index (χ3n) is 5.50. The zero-order chi connectivity index (χ0) is 13.5.